The van der Waals surface area contributed by atoms with E-state index in [0.29, 0.717) is 24.7 Å². The molecule has 1 aromatic carbocycles. The van der Waals surface area contributed by atoms with Crippen LogP contribution in [0.3, 0.4) is 0 Å². The molecule has 9 heteroatoms. The van der Waals surface area contributed by atoms with Crippen molar-refractivity contribution in [2.75, 3.05) is 45.0 Å². The SMILES string of the molecule is COc1cc(C(=O)NC[C@@H]2CCCO2)c(N(C)S(C)(=O)=O)cc1OC. The third kappa shape index (κ3) is 4.55. The quantitative estimate of drug-likeness (QED) is 0.768. The number of methoxy groups -OCH3 is 2. The van der Waals surface area contributed by atoms with E-state index in [9.17, 15) is 13.2 Å². The fraction of sp³-hybridized carbons (Fsp3) is 0.562. The number of ether oxygens (including phenoxy) is 3. The number of nitrogens with one attached hydrogen (secondary N) is 1. The highest BCUT2D eigenvalue weighted by Crippen LogP contribution is 2.35. The first-order valence-electron chi connectivity index (χ1n) is 7.87. The standard InChI is InChI=1S/C16H24N2O6S/c1-18(25(4,20)21)13-9-15(23-3)14(22-2)8-12(13)16(19)17-10-11-6-5-7-24-11/h8-9,11H,5-7,10H2,1-4H3,(H,17,19)/t11-/m0/s1. The Hall–Kier alpha value is -2.00. The summed E-state index contributed by atoms with van der Waals surface area (Å²) in [7, 11) is 0.722. The second kappa shape index (κ2) is 7.92. The van der Waals surface area contributed by atoms with Crippen LogP contribution in [-0.2, 0) is 14.8 Å². The number of carbonyl (C=O) groups is 1. The molecule has 1 saturated heterocycles. The van der Waals surface area contributed by atoms with Gasteiger partial charge in [-0.3, -0.25) is 9.10 Å². The molecule has 0 spiro atoms. The number of hydrogen-bond acceptors (Lipinski definition) is 6. The molecule has 1 fully saturated rings. The minimum atomic E-state index is -3.55. The van der Waals surface area contributed by atoms with Gasteiger partial charge < -0.3 is 19.5 Å². The van der Waals surface area contributed by atoms with Crippen molar-refractivity contribution in [1.82, 2.24) is 5.32 Å². The predicted octanol–water partition coefficient (Wildman–Crippen LogP) is 1.01. The van der Waals surface area contributed by atoms with Crippen LogP contribution in [-0.4, -0.2) is 61.1 Å². The molecule has 8 nitrogen and oxygen atoms in total. The molecule has 0 radical (unpaired) electrons. The van der Waals surface area contributed by atoms with Gasteiger partial charge in [0.2, 0.25) is 10.0 Å². The lowest BCUT2D eigenvalue weighted by atomic mass is 10.1. The topological polar surface area (TPSA) is 94.2 Å². The van der Waals surface area contributed by atoms with Crippen molar-refractivity contribution in [3.05, 3.63) is 17.7 Å². The van der Waals surface area contributed by atoms with Gasteiger partial charge in [-0.25, -0.2) is 8.42 Å². The van der Waals surface area contributed by atoms with Crippen molar-refractivity contribution in [2.24, 2.45) is 0 Å². The Morgan fingerprint density at radius 3 is 2.48 bits per heavy atom. The molecule has 0 bridgehead atoms. The summed E-state index contributed by atoms with van der Waals surface area (Å²) in [6.07, 6.45) is 2.92. The molecule has 1 aromatic rings. The molecular formula is C16H24N2O6S. The van der Waals surface area contributed by atoms with Gasteiger partial charge in [-0.15, -0.1) is 0 Å². The van der Waals surface area contributed by atoms with E-state index in [1.165, 1.54) is 33.4 Å². The summed E-state index contributed by atoms with van der Waals surface area (Å²) in [4.78, 5) is 12.6. The molecule has 1 atom stereocenters. The Morgan fingerprint density at radius 2 is 1.96 bits per heavy atom. The largest absolute Gasteiger partial charge is 0.493 e. The Balaban J connectivity index is 2.36. The summed E-state index contributed by atoms with van der Waals surface area (Å²) in [5.74, 6) is 0.279. The number of nitrogens with zero attached hydrogens (tertiary/aromatic N) is 1. The zero-order chi connectivity index (χ0) is 18.6. The first-order valence-corrected chi connectivity index (χ1v) is 9.72. The number of rotatable bonds is 7. The molecule has 1 N–H and O–H groups in total. The van der Waals surface area contributed by atoms with Gasteiger partial charge in [0.15, 0.2) is 11.5 Å². The van der Waals surface area contributed by atoms with E-state index in [-0.39, 0.29) is 17.4 Å². The highest BCUT2D eigenvalue weighted by molar-refractivity contribution is 7.92. The van der Waals surface area contributed by atoms with E-state index in [4.69, 9.17) is 14.2 Å². The second-order valence-corrected chi connectivity index (χ2v) is 7.81. The third-order valence-corrected chi connectivity index (χ3v) is 5.29. The van der Waals surface area contributed by atoms with Crippen LogP contribution < -0.4 is 19.1 Å². The van der Waals surface area contributed by atoms with E-state index in [1.54, 1.807) is 0 Å². The minimum absolute atomic E-state index is 0.0137. The molecule has 1 heterocycles. The van der Waals surface area contributed by atoms with Crippen molar-refractivity contribution >= 4 is 21.6 Å². The summed E-state index contributed by atoms with van der Waals surface area (Å²) in [5.41, 5.74) is 0.397. The maximum Gasteiger partial charge on any atom is 0.253 e. The smallest absolute Gasteiger partial charge is 0.253 e. The number of hydrogen-bond donors (Lipinski definition) is 1. The number of benzene rings is 1. The second-order valence-electron chi connectivity index (χ2n) is 5.80. The zero-order valence-electron chi connectivity index (χ0n) is 14.9. The number of amides is 1. The van der Waals surface area contributed by atoms with Crippen LogP contribution in [0, 0.1) is 0 Å². The normalized spacial score (nSPS) is 17.2. The lowest BCUT2D eigenvalue weighted by molar-refractivity contribution is 0.0858. The average molecular weight is 372 g/mol. The lowest BCUT2D eigenvalue weighted by Crippen LogP contribution is -2.34. The van der Waals surface area contributed by atoms with Gasteiger partial charge in [-0.1, -0.05) is 0 Å². The van der Waals surface area contributed by atoms with Crippen LogP contribution >= 0.6 is 0 Å². The van der Waals surface area contributed by atoms with Gasteiger partial charge in [0, 0.05) is 26.3 Å². The molecule has 1 amide bonds. The first kappa shape index (κ1) is 19.3. The van der Waals surface area contributed by atoms with Crippen molar-refractivity contribution in [1.29, 1.82) is 0 Å². The van der Waals surface area contributed by atoms with Crippen LogP contribution in [0.25, 0.3) is 0 Å². The van der Waals surface area contributed by atoms with Gasteiger partial charge in [0.1, 0.15) is 0 Å². The highest BCUT2D eigenvalue weighted by atomic mass is 32.2. The fourth-order valence-corrected chi connectivity index (χ4v) is 3.10. The van der Waals surface area contributed by atoms with Crippen LogP contribution in [0.4, 0.5) is 5.69 Å². The Morgan fingerprint density at radius 1 is 1.32 bits per heavy atom. The highest BCUT2D eigenvalue weighted by Gasteiger charge is 2.24. The molecule has 0 unspecified atom stereocenters. The van der Waals surface area contributed by atoms with Gasteiger partial charge in [-0.05, 0) is 18.9 Å². The van der Waals surface area contributed by atoms with Gasteiger partial charge in [-0.2, -0.15) is 0 Å². The number of sulfonamides is 1. The van der Waals surface area contributed by atoms with E-state index in [2.05, 4.69) is 5.32 Å². The van der Waals surface area contributed by atoms with Crippen LogP contribution in [0.15, 0.2) is 12.1 Å². The maximum absolute atomic E-state index is 12.6. The predicted molar refractivity (Wildman–Crippen MR) is 94.1 cm³/mol. The van der Waals surface area contributed by atoms with Crippen LogP contribution in [0.1, 0.15) is 23.2 Å². The molecule has 2 rings (SSSR count). The van der Waals surface area contributed by atoms with Crippen molar-refractivity contribution < 1.29 is 27.4 Å². The van der Waals surface area contributed by atoms with E-state index < -0.39 is 15.9 Å². The van der Waals surface area contributed by atoms with E-state index in [1.807, 2.05) is 0 Å². The van der Waals surface area contributed by atoms with Crippen molar-refractivity contribution in [3.8, 4) is 11.5 Å². The molecule has 0 saturated carbocycles. The summed E-state index contributed by atoms with van der Waals surface area (Å²) in [6.45, 7) is 1.06. The molecule has 140 valence electrons. The van der Waals surface area contributed by atoms with E-state index >= 15 is 0 Å². The molecule has 1 aliphatic rings. The van der Waals surface area contributed by atoms with Gasteiger partial charge in [0.25, 0.3) is 5.91 Å². The van der Waals surface area contributed by atoms with E-state index in [0.717, 1.165) is 23.4 Å². The van der Waals surface area contributed by atoms with Gasteiger partial charge >= 0.3 is 0 Å². The fourth-order valence-electron chi connectivity index (χ4n) is 2.60. The molecule has 25 heavy (non-hydrogen) atoms. The lowest BCUT2D eigenvalue weighted by Gasteiger charge is -2.22. The zero-order valence-corrected chi connectivity index (χ0v) is 15.7. The summed E-state index contributed by atoms with van der Waals surface area (Å²) < 4.78 is 40.8. The van der Waals surface area contributed by atoms with Crippen LogP contribution in [0.5, 0.6) is 11.5 Å². The number of anilines is 1. The minimum Gasteiger partial charge on any atom is -0.493 e. The summed E-state index contributed by atoms with van der Waals surface area (Å²) >= 11 is 0. The Kier molecular flexibility index (Phi) is 6.12. The Labute approximate surface area is 148 Å². The molecule has 1 aliphatic heterocycles. The van der Waals surface area contributed by atoms with Crippen LogP contribution in [0.2, 0.25) is 0 Å². The number of carbonyl (C=O) groups excluding carboxylic acids is 1. The molecular weight excluding hydrogens is 348 g/mol. The molecule has 0 aliphatic carbocycles. The summed E-state index contributed by atoms with van der Waals surface area (Å²) in [5, 5.41) is 2.79. The molecule has 0 aromatic heterocycles. The monoisotopic (exact) mass is 372 g/mol. The Bertz CT molecular complexity index is 728. The van der Waals surface area contributed by atoms with Gasteiger partial charge in [0.05, 0.1) is 37.8 Å². The first-order chi connectivity index (χ1) is 11.8. The van der Waals surface area contributed by atoms with Crippen molar-refractivity contribution in [2.45, 2.75) is 18.9 Å². The maximum atomic E-state index is 12.6. The average Bonchev–Trinajstić information content (AvgIpc) is 3.10. The summed E-state index contributed by atoms with van der Waals surface area (Å²) in [6, 6.07) is 2.95. The third-order valence-electron chi connectivity index (χ3n) is 4.10. The van der Waals surface area contributed by atoms with Crippen molar-refractivity contribution in [3.63, 3.8) is 0 Å².